The summed E-state index contributed by atoms with van der Waals surface area (Å²) >= 11 is 6.31. The van der Waals surface area contributed by atoms with Gasteiger partial charge in [-0.25, -0.2) is 0 Å². The number of primary amides is 1. The second-order valence-corrected chi connectivity index (χ2v) is 5.77. The van der Waals surface area contributed by atoms with E-state index in [1.54, 1.807) is 0 Å². The average molecular weight is 397 g/mol. The number of amides is 1. The number of halogens is 2. The van der Waals surface area contributed by atoms with Gasteiger partial charge in [-0.2, -0.15) is 0 Å². The van der Waals surface area contributed by atoms with Crippen LogP contribution >= 0.6 is 31.9 Å². The van der Waals surface area contributed by atoms with Crippen molar-refractivity contribution >= 4 is 43.5 Å². The molecular weight excluding hydrogens is 386 g/mol. The van der Waals surface area contributed by atoms with Crippen molar-refractivity contribution in [3.8, 4) is 5.75 Å². The fourth-order valence-corrected chi connectivity index (χ4v) is 2.47. The van der Waals surface area contributed by atoms with E-state index in [1.165, 1.54) is 19.1 Å². The molecule has 0 aromatic heterocycles. The highest BCUT2D eigenvalue weighted by molar-refractivity contribution is 9.11. The van der Waals surface area contributed by atoms with E-state index in [2.05, 4.69) is 31.9 Å². The van der Waals surface area contributed by atoms with Crippen LogP contribution in [0.3, 0.4) is 0 Å². The van der Waals surface area contributed by atoms with Crippen LogP contribution in [0.1, 0.15) is 6.92 Å². The summed E-state index contributed by atoms with van der Waals surface area (Å²) in [7, 11) is 0. The summed E-state index contributed by atoms with van der Waals surface area (Å²) in [6.07, 6.45) is 0. The first-order chi connectivity index (χ1) is 8.65. The highest BCUT2D eigenvalue weighted by Gasteiger charge is 2.27. The molecule has 0 saturated carbocycles. The van der Waals surface area contributed by atoms with E-state index in [0.29, 0.717) is 14.7 Å². The number of hydrogen-bond acceptors (Lipinski definition) is 5. The lowest BCUT2D eigenvalue weighted by molar-refractivity contribution is -0.385. The summed E-state index contributed by atoms with van der Waals surface area (Å²) in [6, 6.07) is 2.58. The fourth-order valence-electron chi connectivity index (χ4n) is 1.08. The number of nitrogens with zero attached hydrogens (tertiary/aromatic N) is 1. The van der Waals surface area contributed by atoms with Gasteiger partial charge in [0.15, 0.2) is 0 Å². The molecule has 1 aromatic carbocycles. The Kier molecular flexibility index (Phi) is 4.88. The van der Waals surface area contributed by atoms with Gasteiger partial charge in [-0.05, 0) is 38.8 Å². The molecule has 1 rings (SSSR count). The molecule has 0 radical (unpaired) electrons. The lowest BCUT2D eigenvalue weighted by Gasteiger charge is -2.21. The summed E-state index contributed by atoms with van der Waals surface area (Å²) < 4.78 is 6.12. The SMILES string of the molecule is CC(N)(COc1c(Br)cc([N+](=O)[O-])cc1Br)C(N)=O. The molecule has 104 valence electrons. The zero-order chi connectivity index (χ0) is 14.8. The minimum Gasteiger partial charge on any atom is -0.489 e. The molecule has 0 bridgehead atoms. The molecule has 4 N–H and O–H groups in total. The summed E-state index contributed by atoms with van der Waals surface area (Å²) in [5.74, 6) is -0.398. The summed E-state index contributed by atoms with van der Waals surface area (Å²) in [6.45, 7) is 1.28. The normalized spacial score (nSPS) is 13.7. The van der Waals surface area contributed by atoms with E-state index in [-0.39, 0.29) is 12.3 Å². The molecule has 0 aliphatic heterocycles. The molecular formula is C10H11Br2N3O4. The predicted molar refractivity (Wildman–Crippen MR) is 75.8 cm³/mol. The summed E-state index contributed by atoms with van der Waals surface area (Å²) in [4.78, 5) is 21.2. The zero-order valence-electron chi connectivity index (χ0n) is 9.85. The van der Waals surface area contributed by atoms with Gasteiger partial charge in [0.2, 0.25) is 5.91 Å². The lowest BCUT2D eigenvalue weighted by Crippen LogP contribution is -2.53. The van der Waals surface area contributed by atoms with Crippen LogP contribution in [-0.4, -0.2) is 23.0 Å². The Bertz CT molecular complexity index is 511. The van der Waals surface area contributed by atoms with E-state index >= 15 is 0 Å². The van der Waals surface area contributed by atoms with E-state index in [4.69, 9.17) is 16.2 Å². The zero-order valence-corrected chi connectivity index (χ0v) is 13.0. The number of benzene rings is 1. The highest BCUT2D eigenvalue weighted by atomic mass is 79.9. The third-order valence-electron chi connectivity index (χ3n) is 2.27. The molecule has 0 heterocycles. The van der Waals surface area contributed by atoms with E-state index < -0.39 is 16.4 Å². The Morgan fingerprint density at radius 2 is 1.95 bits per heavy atom. The number of carbonyl (C=O) groups is 1. The Labute approximate surface area is 125 Å². The van der Waals surface area contributed by atoms with Gasteiger partial charge < -0.3 is 16.2 Å². The van der Waals surface area contributed by atoms with Crippen LogP contribution in [0.25, 0.3) is 0 Å². The van der Waals surface area contributed by atoms with Crippen molar-refractivity contribution in [3.05, 3.63) is 31.2 Å². The maximum atomic E-state index is 11.1. The number of hydrogen-bond donors (Lipinski definition) is 2. The fraction of sp³-hybridized carbons (Fsp3) is 0.300. The smallest absolute Gasteiger partial charge is 0.271 e. The van der Waals surface area contributed by atoms with Crippen LogP contribution in [0, 0.1) is 10.1 Å². The molecule has 1 atom stereocenters. The van der Waals surface area contributed by atoms with Gasteiger partial charge in [0.25, 0.3) is 5.69 Å². The Hall–Kier alpha value is -1.19. The molecule has 0 fully saturated rings. The van der Waals surface area contributed by atoms with Crippen LogP contribution in [0.5, 0.6) is 5.75 Å². The second kappa shape index (κ2) is 5.85. The van der Waals surface area contributed by atoms with Gasteiger partial charge in [0.05, 0.1) is 13.9 Å². The minimum absolute atomic E-state index is 0.100. The molecule has 9 heteroatoms. The molecule has 19 heavy (non-hydrogen) atoms. The van der Waals surface area contributed by atoms with E-state index in [9.17, 15) is 14.9 Å². The standard InChI is InChI=1S/C10H11Br2N3O4/c1-10(14,9(13)16)4-19-8-6(11)2-5(15(17)18)3-7(8)12/h2-3H,4,14H2,1H3,(H2,13,16). The predicted octanol–water partition coefficient (Wildman–Crippen LogP) is 1.70. The third kappa shape index (κ3) is 3.88. The first-order valence-electron chi connectivity index (χ1n) is 5.00. The average Bonchev–Trinajstić information content (AvgIpc) is 2.27. The summed E-state index contributed by atoms with van der Waals surface area (Å²) in [5.41, 5.74) is 9.33. The maximum absolute atomic E-state index is 11.1. The summed E-state index contributed by atoms with van der Waals surface area (Å²) in [5, 5.41) is 10.7. The van der Waals surface area contributed by atoms with Crippen molar-refractivity contribution in [2.24, 2.45) is 11.5 Å². The Balaban J connectivity index is 2.97. The maximum Gasteiger partial charge on any atom is 0.271 e. The Morgan fingerprint density at radius 1 is 1.47 bits per heavy atom. The van der Waals surface area contributed by atoms with E-state index in [0.717, 1.165) is 0 Å². The van der Waals surface area contributed by atoms with Gasteiger partial charge >= 0.3 is 0 Å². The molecule has 1 aromatic rings. The largest absolute Gasteiger partial charge is 0.489 e. The van der Waals surface area contributed by atoms with Gasteiger partial charge in [0.1, 0.15) is 17.9 Å². The minimum atomic E-state index is -1.33. The molecule has 7 nitrogen and oxygen atoms in total. The van der Waals surface area contributed by atoms with Gasteiger partial charge in [-0.15, -0.1) is 0 Å². The molecule has 0 saturated heterocycles. The van der Waals surface area contributed by atoms with Gasteiger partial charge in [-0.3, -0.25) is 14.9 Å². The highest BCUT2D eigenvalue weighted by Crippen LogP contribution is 2.37. The van der Waals surface area contributed by atoms with Crippen molar-refractivity contribution in [2.75, 3.05) is 6.61 Å². The molecule has 0 aliphatic rings. The van der Waals surface area contributed by atoms with Crippen LogP contribution in [0.15, 0.2) is 21.1 Å². The van der Waals surface area contributed by atoms with Crippen molar-refractivity contribution in [2.45, 2.75) is 12.5 Å². The van der Waals surface area contributed by atoms with Crippen molar-refractivity contribution in [3.63, 3.8) is 0 Å². The van der Waals surface area contributed by atoms with Crippen molar-refractivity contribution in [1.29, 1.82) is 0 Å². The lowest BCUT2D eigenvalue weighted by atomic mass is 10.1. The van der Waals surface area contributed by atoms with Crippen molar-refractivity contribution < 1.29 is 14.5 Å². The van der Waals surface area contributed by atoms with Crippen molar-refractivity contribution in [1.82, 2.24) is 0 Å². The van der Waals surface area contributed by atoms with Gasteiger partial charge in [-0.1, -0.05) is 0 Å². The molecule has 0 aliphatic carbocycles. The van der Waals surface area contributed by atoms with Crippen LogP contribution < -0.4 is 16.2 Å². The number of nitro groups is 1. The monoisotopic (exact) mass is 395 g/mol. The van der Waals surface area contributed by atoms with Crippen LogP contribution in [0.4, 0.5) is 5.69 Å². The van der Waals surface area contributed by atoms with Gasteiger partial charge in [0, 0.05) is 12.1 Å². The Morgan fingerprint density at radius 3 is 2.32 bits per heavy atom. The molecule has 1 unspecified atom stereocenters. The topological polar surface area (TPSA) is 121 Å². The first-order valence-corrected chi connectivity index (χ1v) is 6.59. The number of carbonyl (C=O) groups excluding carboxylic acids is 1. The molecule has 1 amide bonds. The molecule has 0 spiro atoms. The van der Waals surface area contributed by atoms with Crippen LogP contribution in [0.2, 0.25) is 0 Å². The second-order valence-electron chi connectivity index (χ2n) is 4.07. The number of nitro benzene ring substituents is 1. The third-order valence-corrected chi connectivity index (χ3v) is 3.45. The number of rotatable bonds is 5. The first kappa shape index (κ1) is 15.9. The van der Waals surface area contributed by atoms with Crippen LogP contribution in [-0.2, 0) is 4.79 Å². The number of nitrogens with two attached hydrogens (primary N) is 2. The quantitative estimate of drug-likeness (QED) is 0.579. The van der Waals surface area contributed by atoms with E-state index in [1.807, 2.05) is 0 Å². The number of non-ortho nitro benzene ring substituents is 1. The number of ether oxygens (including phenoxy) is 1.